The average Bonchev–Trinajstić information content (AvgIpc) is 2.92. The zero-order valence-corrected chi connectivity index (χ0v) is 17.0. The molecule has 0 bridgehead atoms. The number of hydrogen-bond donors (Lipinski definition) is 2. The minimum Gasteiger partial charge on any atom is -0.507 e. The molecule has 0 amide bonds. The molecule has 154 valence electrons. The third-order valence-corrected chi connectivity index (χ3v) is 5.30. The Morgan fingerprint density at radius 2 is 1.23 bits per heavy atom. The standard InChI is InChI=1S/C21H18N2O6S/c1-11-7-17(24)13(19(26)28-11)9-22-15-5-3-4-6-16(15)23(21(22)30)10-14-18(25)8-12(2)29-20(14)27/h3-8,24-25H,9-10H2,1-2H3. The molecule has 0 spiro atoms. The van der Waals surface area contributed by atoms with Gasteiger partial charge in [0.05, 0.1) is 35.2 Å². The lowest BCUT2D eigenvalue weighted by atomic mass is 10.2. The predicted octanol–water partition coefficient (Wildman–Crippen LogP) is 3.20. The second-order valence-electron chi connectivity index (χ2n) is 6.96. The molecule has 0 aliphatic rings. The van der Waals surface area contributed by atoms with Crippen LogP contribution < -0.4 is 11.3 Å². The van der Waals surface area contributed by atoms with E-state index in [4.69, 9.17) is 21.1 Å². The van der Waals surface area contributed by atoms with Crippen molar-refractivity contribution in [2.75, 3.05) is 0 Å². The lowest BCUT2D eigenvalue weighted by Crippen LogP contribution is -2.15. The monoisotopic (exact) mass is 426 g/mol. The van der Waals surface area contributed by atoms with E-state index in [2.05, 4.69) is 0 Å². The Bertz CT molecular complexity index is 1350. The van der Waals surface area contributed by atoms with Gasteiger partial charge in [-0.15, -0.1) is 0 Å². The fourth-order valence-corrected chi connectivity index (χ4v) is 3.75. The lowest BCUT2D eigenvalue weighted by Gasteiger charge is -2.07. The van der Waals surface area contributed by atoms with Gasteiger partial charge in [-0.25, -0.2) is 9.59 Å². The van der Waals surface area contributed by atoms with Crippen LogP contribution in [0.25, 0.3) is 11.0 Å². The second-order valence-corrected chi connectivity index (χ2v) is 7.33. The Balaban J connectivity index is 1.89. The second kappa shape index (κ2) is 7.34. The zero-order valence-electron chi connectivity index (χ0n) is 16.2. The molecule has 1 aromatic carbocycles. The van der Waals surface area contributed by atoms with E-state index in [1.807, 2.05) is 24.3 Å². The molecule has 0 aliphatic carbocycles. The summed E-state index contributed by atoms with van der Waals surface area (Å²) in [5, 5.41) is 20.5. The summed E-state index contributed by atoms with van der Waals surface area (Å²) >= 11 is 5.61. The third-order valence-electron chi connectivity index (χ3n) is 4.86. The van der Waals surface area contributed by atoms with Gasteiger partial charge in [0.25, 0.3) is 0 Å². The molecule has 0 unspecified atom stereocenters. The number of imidazole rings is 1. The molecule has 30 heavy (non-hydrogen) atoms. The maximum absolute atomic E-state index is 12.3. The molecule has 2 N–H and O–H groups in total. The summed E-state index contributed by atoms with van der Waals surface area (Å²) < 4.78 is 13.8. The summed E-state index contributed by atoms with van der Waals surface area (Å²) in [7, 11) is 0. The zero-order chi connectivity index (χ0) is 21.6. The minimum absolute atomic E-state index is 0.0186. The van der Waals surface area contributed by atoms with E-state index in [0.717, 1.165) is 0 Å². The average molecular weight is 426 g/mol. The highest BCUT2D eigenvalue weighted by Crippen LogP contribution is 2.24. The molecule has 4 aromatic rings. The van der Waals surface area contributed by atoms with Gasteiger partial charge in [-0.3, -0.25) is 0 Å². The van der Waals surface area contributed by atoms with Gasteiger partial charge in [-0.05, 0) is 38.2 Å². The van der Waals surface area contributed by atoms with Crippen LogP contribution in [0.15, 0.2) is 54.8 Å². The third kappa shape index (κ3) is 3.33. The van der Waals surface area contributed by atoms with Crippen molar-refractivity contribution in [3.05, 3.63) is 84.7 Å². The molecular weight excluding hydrogens is 408 g/mol. The van der Waals surface area contributed by atoms with Crippen molar-refractivity contribution in [1.29, 1.82) is 0 Å². The van der Waals surface area contributed by atoms with Crippen LogP contribution >= 0.6 is 12.2 Å². The number of aromatic hydroxyl groups is 2. The summed E-state index contributed by atoms with van der Waals surface area (Å²) in [4.78, 5) is 24.5. The quantitative estimate of drug-likeness (QED) is 0.482. The van der Waals surface area contributed by atoms with E-state index >= 15 is 0 Å². The van der Waals surface area contributed by atoms with Crippen molar-refractivity contribution in [2.24, 2.45) is 0 Å². The fraction of sp³-hybridized carbons (Fsp3) is 0.190. The number of fused-ring (bicyclic) bond motifs is 1. The first-order valence-corrected chi connectivity index (χ1v) is 9.50. The number of aromatic nitrogens is 2. The van der Waals surface area contributed by atoms with Crippen LogP contribution in [0.5, 0.6) is 11.5 Å². The van der Waals surface area contributed by atoms with Crippen LogP contribution in [-0.4, -0.2) is 19.3 Å². The van der Waals surface area contributed by atoms with Crippen molar-refractivity contribution in [3.8, 4) is 11.5 Å². The Hall–Kier alpha value is -3.59. The van der Waals surface area contributed by atoms with E-state index < -0.39 is 11.3 Å². The van der Waals surface area contributed by atoms with E-state index in [9.17, 15) is 19.8 Å². The van der Waals surface area contributed by atoms with Crippen molar-refractivity contribution >= 4 is 23.3 Å². The molecule has 3 aromatic heterocycles. The summed E-state index contributed by atoms with van der Waals surface area (Å²) in [6, 6.07) is 9.99. The Kier molecular flexibility index (Phi) is 4.83. The van der Waals surface area contributed by atoms with Crippen LogP contribution in [0, 0.1) is 18.6 Å². The molecule has 0 aliphatic heterocycles. The Morgan fingerprint density at radius 3 is 1.60 bits per heavy atom. The molecule has 8 nitrogen and oxygen atoms in total. The highest BCUT2D eigenvalue weighted by atomic mass is 32.1. The fourth-order valence-electron chi connectivity index (χ4n) is 3.43. The van der Waals surface area contributed by atoms with E-state index in [0.29, 0.717) is 27.3 Å². The first-order valence-electron chi connectivity index (χ1n) is 9.09. The largest absolute Gasteiger partial charge is 0.507 e. The first kappa shape index (κ1) is 19.7. The van der Waals surface area contributed by atoms with Gasteiger partial charge in [0, 0.05) is 12.1 Å². The van der Waals surface area contributed by atoms with Gasteiger partial charge in [0.15, 0.2) is 4.77 Å². The minimum atomic E-state index is -0.650. The number of benzene rings is 1. The number of nitrogens with zero attached hydrogens (tertiary/aromatic N) is 2. The maximum atomic E-state index is 12.3. The van der Waals surface area contributed by atoms with Crippen molar-refractivity contribution < 1.29 is 19.0 Å². The normalized spacial score (nSPS) is 11.3. The predicted molar refractivity (Wildman–Crippen MR) is 112 cm³/mol. The molecule has 0 atom stereocenters. The van der Waals surface area contributed by atoms with Crippen LogP contribution in [0.4, 0.5) is 0 Å². The van der Waals surface area contributed by atoms with Crippen LogP contribution in [0.2, 0.25) is 0 Å². The highest BCUT2D eigenvalue weighted by molar-refractivity contribution is 7.71. The summed E-state index contributed by atoms with van der Waals surface area (Å²) in [6.45, 7) is 3.11. The Morgan fingerprint density at radius 1 is 0.833 bits per heavy atom. The highest BCUT2D eigenvalue weighted by Gasteiger charge is 2.18. The van der Waals surface area contributed by atoms with Gasteiger partial charge in [0.2, 0.25) is 0 Å². The summed E-state index contributed by atoms with van der Waals surface area (Å²) in [5.74, 6) is 0.237. The van der Waals surface area contributed by atoms with Gasteiger partial charge in [-0.1, -0.05) is 12.1 Å². The van der Waals surface area contributed by atoms with Crippen LogP contribution in [0.3, 0.4) is 0 Å². The number of rotatable bonds is 4. The van der Waals surface area contributed by atoms with Crippen LogP contribution in [0.1, 0.15) is 22.6 Å². The van der Waals surface area contributed by atoms with Gasteiger partial charge in [-0.2, -0.15) is 0 Å². The van der Waals surface area contributed by atoms with Crippen molar-refractivity contribution in [3.63, 3.8) is 0 Å². The molecule has 0 radical (unpaired) electrons. The molecule has 3 heterocycles. The smallest absolute Gasteiger partial charge is 0.344 e. The van der Waals surface area contributed by atoms with Gasteiger partial charge < -0.3 is 28.2 Å². The molecule has 9 heteroatoms. The van der Waals surface area contributed by atoms with Gasteiger partial charge >= 0.3 is 11.3 Å². The summed E-state index contributed by atoms with van der Waals surface area (Å²) in [5.41, 5.74) is 0.219. The summed E-state index contributed by atoms with van der Waals surface area (Å²) in [6.07, 6.45) is 0. The maximum Gasteiger partial charge on any atom is 0.344 e. The molecular formula is C21H18N2O6S. The van der Waals surface area contributed by atoms with Crippen molar-refractivity contribution in [1.82, 2.24) is 9.13 Å². The number of hydrogen-bond acceptors (Lipinski definition) is 7. The van der Waals surface area contributed by atoms with E-state index in [-0.39, 0.29) is 35.7 Å². The lowest BCUT2D eigenvalue weighted by molar-refractivity contribution is 0.418. The van der Waals surface area contributed by atoms with Crippen molar-refractivity contribution in [2.45, 2.75) is 26.9 Å². The number of para-hydroxylation sites is 2. The molecule has 0 fully saturated rings. The molecule has 4 rings (SSSR count). The van der Waals surface area contributed by atoms with E-state index in [1.165, 1.54) is 12.1 Å². The van der Waals surface area contributed by atoms with Crippen LogP contribution in [-0.2, 0) is 13.1 Å². The SMILES string of the molecule is Cc1cc(O)c(Cn2c(=S)n(Cc3c(O)cc(C)oc3=O)c3ccccc32)c(=O)o1. The van der Waals surface area contributed by atoms with Gasteiger partial charge in [0.1, 0.15) is 23.0 Å². The molecule has 0 saturated heterocycles. The Labute approximate surface area is 174 Å². The molecule has 0 saturated carbocycles. The first-order chi connectivity index (χ1) is 14.3. The van der Waals surface area contributed by atoms with E-state index in [1.54, 1.807) is 23.0 Å². The number of aryl methyl sites for hydroxylation is 2. The topological polar surface area (TPSA) is 111 Å².